The second-order valence-electron chi connectivity index (χ2n) is 10.6. The van der Waals surface area contributed by atoms with Gasteiger partial charge in [0.25, 0.3) is 11.8 Å². The Morgan fingerprint density at radius 1 is 1.10 bits per heavy atom. The van der Waals surface area contributed by atoms with Crippen LogP contribution in [0.25, 0.3) is 5.69 Å². The molecule has 0 spiro atoms. The smallest absolute Gasteiger partial charge is 0.255 e. The number of hydrogen-bond donors (Lipinski definition) is 4. The molecule has 0 bridgehead atoms. The number of rotatable bonds is 9. The largest absolute Gasteiger partial charge is 0.380 e. The first kappa shape index (κ1) is 29.7. The molecule has 3 heterocycles. The molecule has 220 valence electrons. The summed E-state index contributed by atoms with van der Waals surface area (Å²) in [6, 6.07) is 13.8. The maximum absolute atomic E-state index is 13.7. The van der Waals surface area contributed by atoms with Gasteiger partial charge in [-0.05, 0) is 74.2 Å². The average molecular weight is 609 g/mol. The van der Waals surface area contributed by atoms with Crippen LogP contribution in [0.4, 0.5) is 5.13 Å². The molecule has 1 aliphatic heterocycles. The van der Waals surface area contributed by atoms with Crippen molar-refractivity contribution in [3.05, 3.63) is 93.7 Å². The third-order valence-electron chi connectivity index (χ3n) is 7.17. The van der Waals surface area contributed by atoms with Gasteiger partial charge in [-0.1, -0.05) is 29.8 Å². The Morgan fingerprint density at radius 2 is 1.86 bits per heavy atom. The number of nitrogens with zero attached hydrogens (tertiary/aromatic N) is 4. The van der Waals surface area contributed by atoms with E-state index < -0.39 is 36.1 Å². The van der Waals surface area contributed by atoms with Crippen LogP contribution in [0.1, 0.15) is 55.2 Å². The molecule has 2 aromatic heterocycles. The highest BCUT2D eigenvalue weighted by molar-refractivity contribution is 7.13. The molecule has 2 aromatic carbocycles. The average Bonchev–Trinajstić information content (AvgIpc) is 3.68. The topological polar surface area (TPSA) is 133 Å². The lowest BCUT2D eigenvalue weighted by Crippen LogP contribution is -2.53. The molecule has 2 amide bonds. The summed E-state index contributed by atoms with van der Waals surface area (Å²) in [7, 11) is 0. The molecule has 0 unspecified atom stereocenters. The summed E-state index contributed by atoms with van der Waals surface area (Å²) in [6.07, 6.45) is 0.0707. The summed E-state index contributed by atoms with van der Waals surface area (Å²) in [5.41, 5.74) is 4.07. The van der Waals surface area contributed by atoms with Crippen molar-refractivity contribution in [2.24, 2.45) is 0 Å². The Kier molecular flexibility index (Phi) is 8.93. The van der Waals surface area contributed by atoms with E-state index in [1.165, 1.54) is 16.2 Å². The summed E-state index contributed by atoms with van der Waals surface area (Å²) >= 11 is 7.67. The van der Waals surface area contributed by atoms with E-state index in [2.05, 4.69) is 15.7 Å². The molecular weight excluding hydrogens is 576 g/mol. The van der Waals surface area contributed by atoms with E-state index in [-0.39, 0.29) is 12.6 Å². The van der Waals surface area contributed by atoms with E-state index in [0.717, 1.165) is 22.4 Å². The monoisotopic (exact) mass is 608 g/mol. The number of aliphatic hydroxyl groups is 2. The zero-order chi connectivity index (χ0) is 30.0. The normalized spacial score (nSPS) is 16.9. The summed E-state index contributed by atoms with van der Waals surface area (Å²) in [5, 5.41) is 35.1. The first-order valence-electron chi connectivity index (χ1n) is 13.7. The van der Waals surface area contributed by atoms with Crippen molar-refractivity contribution in [1.29, 1.82) is 0 Å². The number of aromatic nitrogens is 3. The number of hydrogen-bond acceptors (Lipinski definition) is 8. The van der Waals surface area contributed by atoms with Gasteiger partial charge in [-0.3, -0.25) is 9.59 Å². The molecule has 4 atom stereocenters. The molecule has 4 N–H and O–H groups in total. The molecule has 1 aliphatic rings. The van der Waals surface area contributed by atoms with E-state index in [1.807, 2.05) is 67.9 Å². The number of fused-ring (bicyclic) bond motifs is 1. The molecule has 0 saturated carbocycles. The molecule has 0 saturated heterocycles. The van der Waals surface area contributed by atoms with E-state index in [1.54, 1.807) is 23.9 Å². The third kappa shape index (κ3) is 6.34. The maximum atomic E-state index is 13.7. The number of carbonyl (C=O) groups excluding carboxylic acids is 2. The van der Waals surface area contributed by atoms with Crippen LogP contribution < -0.4 is 10.6 Å². The first-order valence-corrected chi connectivity index (χ1v) is 15.0. The van der Waals surface area contributed by atoms with Crippen LogP contribution in [0.3, 0.4) is 0 Å². The van der Waals surface area contributed by atoms with Crippen molar-refractivity contribution in [3.63, 3.8) is 0 Å². The van der Waals surface area contributed by atoms with Crippen LogP contribution >= 0.6 is 22.9 Å². The number of thiazole rings is 1. The molecule has 4 aromatic rings. The van der Waals surface area contributed by atoms with Crippen LogP contribution in [0, 0.1) is 0 Å². The van der Waals surface area contributed by atoms with Crippen molar-refractivity contribution in [2.75, 3.05) is 11.9 Å². The molecule has 5 rings (SSSR count). The number of amides is 2. The summed E-state index contributed by atoms with van der Waals surface area (Å²) in [6.45, 7) is 6.03. The van der Waals surface area contributed by atoms with Gasteiger partial charge in [0, 0.05) is 35.4 Å². The maximum Gasteiger partial charge on any atom is 0.255 e. The van der Waals surface area contributed by atoms with Gasteiger partial charge in [0.1, 0.15) is 6.04 Å². The summed E-state index contributed by atoms with van der Waals surface area (Å²) in [5.74, 6) is -1.61. The van der Waals surface area contributed by atoms with E-state index >= 15 is 0 Å². The Bertz CT molecular complexity index is 1540. The molecular formula is C30H33ClN6O4S. The first-order chi connectivity index (χ1) is 20.1. The highest BCUT2D eigenvalue weighted by Gasteiger charge is 2.40. The quantitative estimate of drug-likeness (QED) is 0.227. The Hall–Kier alpha value is -3.77. The molecule has 12 heteroatoms. The van der Waals surface area contributed by atoms with Gasteiger partial charge >= 0.3 is 0 Å². The van der Waals surface area contributed by atoms with Gasteiger partial charge in [0.05, 0.1) is 17.4 Å². The van der Waals surface area contributed by atoms with Crippen LogP contribution in [-0.4, -0.2) is 66.5 Å². The minimum atomic E-state index is -1.97. The fraction of sp³-hybridized carbons (Fsp3) is 0.333. The predicted octanol–water partition coefficient (Wildman–Crippen LogP) is 3.88. The number of halogens is 1. The lowest BCUT2D eigenvalue weighted by molar-refractivity contribution is -0.155. The van der Waals surface area contributed by atoms with Crippen molar-refractivity contribution < 1.29 is 19.8 Å². The van der Waals surface area contributed by atoms with Gasteiger partial charge < -0.3 is 25.7 Å². The minimum absolute atomic E-state index is 0.173. The van der Waals surface area contributed by atoms with Gasteiger partial charge in [0.15, 0.2) is 17.3 Å². The second kappa shape index (κ2) is 12.6. The zero-order valence-corrected chi connectivity index (χ0v) is 25.0. The summed E-state index contributed by atoms with van der Waals surface area (Å²) in [4.78, 5) is 32.8. The molecule has 42 heavy (non-hydrogen) atoms. The number of anilines is 1. The SMILES string of the molecule is CC(C)Nc1nc([C@H]2c3ccc(Cl)cc3CCN2C(=O)[C@H](O)[C@@H](O)C(=O)N[C@H](C)c2ccc(-n3cccn3)cc2)cs1. The van der Waals surface area contributed by atoms with E-state index in [9.17, 15) is 19.8 Å². The molecule has 10 nitrogen and oxygen atoms in total. The van der Waals surface area contributed by atoms with Crippen molar-refractivity contribution in [2.45, 2.75) is 57.5 Å². The number of aliphatic hydroxyl groups excluding tert-OH is 2. The predicted molar refractivity (Wildman–Crippen MR) is 162 cm³/mol. The molecule has 0 aliphatic carbocycles. The highest BCUT2D eigenvalue weighted by atomic mass is 35.5. The Labute approximate surface area is 253 Å². The second-order valence-corrected chi connectivity index (χ2v) is 11.9. The van der Waals surface area contributed by atoms with Gasteiger partial charge in [0.2, 0.25) is 0 Å². The van der Waals surface area contributed by atoms with Gasteiger partial charge in [-0.15, -0.1) is 11.3 Å². The van der Waals surface area contributed by atoms with E-state index in [4.69, 9.17) is 16.6 Å². The molecule has 0 radical (unpaired) electrons. The van der Waals surface area contributed by atoms with Crippen molar-refractivity contribution >= 4 is 39.9 Å². The Balaban J connectivity index is 1.31. The van der Waals surface area contributed by atoms with Crippen LogP contribution in [-0.2, 0) is 16.0 Å². The zero-order valence-electron chi connectivity index (χ0n) is 23.4. The standard InChI is InChI=1S/C30H33ClN6O4S/c1-17(2)33-30-35-24(16-42-30)25-23-10-7-21(31)15-20(23)11-14-36(25)29(41)27(39)26(38)28(40)34-18(3)19-5-8-22(9-6-19)37-13-4-12-32-37/h4-10,12-13,15-18,25-27,38-39H,11,14H2,1-3H3,(H,33,35)(H,34,40)/t18-,25-,26-,27-/m1/s1. The molecule has 0 fully saturated rings. The van der Waals surface area contributed by atoms with Crippen LogP contribution in [0.15, 0.2) is 66.3 Å². The lowest BCUT2D eigenvalue weighted by Gasteiger charge is -2.38. The lowest BCUT2D eigenvalue weighted by atomic mass is 9.90. The summed E-state index contributed by atoms with van der Waals surface area (Å²) < 4.78 is 1.72. The van der Waals surface area contributed by atoms with Crippen LogP contribution in [0.5, 0.6) is 0 Å². The number of benzene rings is 2. The fourth-order valence-electron chi connectivity index (χ4n) is 5.04. The van der Waals surface area contributed by atoms with Crippen molar-refractivity contribution in [1.82, 2.24) is 25.0 Å². The van der Waals surface area contributed by atoms with Gasteiger partial charge in [-0.2, -0.15) is 5.10 Å². The fourth-order valence-corrected chi connectivity index (χ4v) is 6.12. The van der Waals surface area contributed by atoms with Crippen molar-refractivity contribution in [3.8, 4) is 5.69 Å². The van der Waals surface area contributed by atoms with Crippen LogP contribution in [0.2, 0.25) is 5.02 Å². The van der Waals surface area contributed by atoms with E-state index in [0.29, 0.717) is 22.3 Å². The highest BCUT2D eigenvalue weighted by Crippen LogP contribution is 2.38. The Morgan fingerprint density at radius 3 is 2.55 bits per heavy atom. The number of nitrogens with one attached hydrogen (secondary N) is 2. The minimum Gasteiger partial charge on any atom is -0.380 e. The van der Waals surface area contributed by atoms with Gasteiger partial charge in [-0.25, -0.2) is 9.67 Å². The number of carbonyl (C=O) groups is 2. The third-order valence-corrected chi connectivity index (χ3v) is 8.20.